The van der Waals surface area contributed by atoms with E-state index in [0.29, 0.717) is 0 Å². The zero-order valence-electron chi connectivity index (χ0n) is 5.53. The Morgan fingerprint density at radius 2 is 2.12 bits per heavy atom. The average molecular weight is 111 g/mol. The highest BCUT2D eigenvalue weighted by Gasteiger charge is 2.15. The molecule has 1 radical (unpaired) electrons. The summed E-state index contributed by atoms with van der Waals surface area (Å²) in [5, 5.41) is 0. The minimum absolute atomic E-state index is 1.09. The van der Waals surface area contributed by atoms with E-state index in [1.807, 2.05) is 0 Å². The van der Waals surface area contributed by atoms with Crippen LogP contribution in [-0.2, 0) is 0 Å². The van der Waals surface area contributed by atoms with E-state index in [1.54, 1.807) is 0 Å². The van der Waals surface area contributed by atoms with Crippen molar-refractivity contribution in [1.82, 2.24) is 0 Å². The van der Waals surface area contributed by atoms with E-state index in [1.165, 1.54) is 32.1 Å². The zero-order chi connectivity index (χ0) is 5.82. The van der Waals surface area contributed by atoms with Gasteiger partial charge in [-0.1, -0.05) is 45.4 Å². The lowest BCUT2D eigenvalue weighted by atomic mass is 9.82. The summed E-state index contributed by atoms with van der Waals surface area (Å²) in [7, 11) is 0. The second-order valence-corrected chi connectivity index (χ2v) is 2.79. The first-order valence-corrected chi connectivity index (χ1v) is 3.72. The summed E-state index contributed by atoms with van der Waals surface area (Å²) in [4.78, 5) is 0. The Hall–Kier alpha value is 0. The van der Waals surface area contributed by atoms with Crippen LogP contribution in [-0.4, -0.2) is 0 Å². The molecule has 1 aliphatic carbocycles. The van der Waals surface area contributed by atoms with Crippen LogP contribution in [0.4, 0.5) is 0 Å². The summed E-state index contributed by atoms with van der Waals surface area (Å²) in [5.74, 6) is 1.09. The fourth-order valence-corrected chi connectivity index (χ4v) is 1.21. The zero-order valence-corrected chi connectivity index (χ0v) is 5.53. The molecule has 0 aromatic heterocycles. The summed E-state index contributed by atoms with van der Waals surface area (Å²) in [6.45, 7) is 3.82. The molecule has 0 saturated heterocycles. The molecule has 0 aliphatic heterocycles. The smallest absolute Gasteiger partial charge is 0.0414 e. The van der Waals surface area contributed by atoms with Gasteiger partial charge in [0.25, 0.3) is 0 Å². The molecule has 47 valence electrons. The molecule has 1 aliphatic rings. The van der Waals surface area contributed by atoms with E-state index in [2.05, 4.69) is 6.92 Å². The SMILES string of the molecule is [CH2]CCCC1CCC1. The van der Waals surface area contributed by atoms with Gasteiger partial charge in [0.05, 0.1) is 0 Å². The summed E-state index contributed by atoms with van der Waals surface area (Å²) >= 11 is 0. The first-order valence-electron chi connectivity index (χ1n) is 3.72. The first kappa shape index (κ1) is 6.12. The van der Waals surface area contributed by atoms with Crippen molar-refractivity contribution in [2.75, 3.05) is 0 Å². The molecule has 0 spiro atoms. The van der Waals surface area contributed by atoms with Crippen molar-refractivity contribution in [3.05, 3.63) is 6.92 Å². The summed E-state index contributed by atoms with van der Waals surface area (Å²) < 4.78 is 0. The molecule has 8 heavy (non-hydrogen) atoms. The maximum atomic E-state index is 3.82. The second-order valence-electron chi connectivity index (χ2n) is 2.79. The summed E-state index contributed by atoms with van der Waals surface area (Å²) in [6.07, 6.45) is 8.42. The molecule has 0 atom stereocenters. The van der Waals surface area contributed by atoms with Crippen molar-refractivity contribution in [1.29, 1.82) is 0 Å². The molecule has 1 saturated carbocycles. The van der Waals surface area contributed by atoms with Crippen molar-refractivity contribution in [2.45, 2.75) is 38.5 Å². The third-order valence-corrected chi connectivity index (χ3v) is 2.09. The van der Waals surface area contributed by atoms with E-state index in [4.69, 9.17) is 0 Å². The molecule has 0 heterocycles. The predicted molar refractivity (Wildman–Crippen MR) is 36.5 cm³/mol. The Morgan fingerprint density at radius 3 is 2.50 bits per heavy atom. The molecule has 0 aromatic rings. The molecule has 0 N–H and O–H groups in total. The molecule has 0 amide bonds. The predicted octanol–water partition coefficient (Wildman–Crippen LogP) is 2.79. The molecule has 1 rings (SSSR count). The van der Waals surface area contributed by atoms with Crippen molar-refractivity contribution in [3.63, 3.8) is 0 Å². The van der Waals surface area contributed by atoms with E-state index in [9.17, 15) is 0 Å². The molecule has 0 heteroatoms. The van der Waals surface area contributed by atoms with Gasteiger partial charge < -0.3 is 0 Å². The van der Waals surface area contributed by atoms with Gasteiger partial charge in [0, 0.05) is 0 Å². The van der Waals surface area contributed by atoms with Crippen molar-refractivity contribution >= 4 is 0 Å². The maximum absolute atomic E-state index is 3.82. The van der Waals surface area contributed by atoms with Crippen LogP contribution in [0, 0.1) is 12.8 Å². The van der Waals surface area contributed by atoms with Crippen LogP contribution in [0.25, 0.3) is 0 Å². The van der Waals surface area contributed by atoms with Crippen LogP contribution >= 0.6 is 0 Å². The fourth-order valence-electron chi connectivity index (χ4n) is 1.21. The minimum Gasteiger partial charge on any atom is -0.0533 e. The van der Waals surface area contributed by atoms with Gasteiger partial charge in [-0.05, 0) is 5.92 Å². The standard InChI is InChI=1S/C8H15/c1-2-3-5-8-6-4-7-8/h8H,1-7H2. The monoisotopic (exact) mass is 111 g/mol. The molecule has 0 bridgehead atoms. The highest BCUT2D eigenvalue weighted by Crippen LogP contribution is 2.30. The topological polar surface area (TPSA) is 0 Å². The second kappa shape index (κ2) is 3.11. The maximum Gasteiger partial charge on any atom is -0.0414 e. The van der Waals surface area contributed by atoms with Gasteiger partial charge in [-0.3, -0.25) is 0 Å². The Bertz CT molecular complexity index is 53.1. The number of hydrogen-bond donors (Lipinski definition) is 0. The number of unbranched alkanes of at least 4 members (excludes halogenated alkanes) is 1. The first-order chi connectivity index (χ1) is 3.93. The van der Waals surface area contributed by atoms with Crippen LogP contribution in [0.1, 0.15) is 38.5 Å². The lowest BCUT2D eigenvalue weighted by Crippen LogP contribution is -2.09. The van der Waals surface area contributed by atoms with Gasteiger partial charge >= 0.3 is 0 Å². The summed E-state index contributed by atoms with van der Waals surface area (Å²) in [6, 6.07) is 0. The van der Waals surface area contributed by atoms with Gasteiger partial charge in [0.2, 0.25) is 0 Å². The van der Waals surface area contributed by atoms with Crippen molar-refractivity contribution < 1.29 is 0 Å². The molecule has 0 nitrogen and oxygen atoms in total. The van der Waals surface area contributed by atoms with E-state index < -0.39 is 0 Å². The van der Waals surface area contributed by atoms with Crippen LogP contribution < -0.4 is 0 Å². The Balaban J connectivity index is 1.86. The molecular weight excluding hydrogens is 96.1 g/mol. The van der Waals surface area contributed by atoms with E-state index in [0.717, 1.165) is 12.3 Å². The number of hydrogen-bond acceptors (Lipinski definition) is 0. The highest BCUT2D eigenvalue weighted by atomic mass is 14.2. The average Bonchev–Trinajstić information content (AvgIpc) is 1.63. The fraction of sp³-hybridized carbons (Fsp3) is 0.875. The molecular formula is C8H15. The third kappa shape index (κ3) is 1.50. The van der Waals surface area contributed by atoms with E-state index in [-0.39, 0.29) is 0 Å². The van der Waals surface area contributed by atoms with Crippen molar-refractivity contribution in [2.24, 2.45) is 5.92 Å². The van der Waals surface area contributed by atoms with Gasteiger partial charge in [-0.2, -0.15) is 0 Å². The molecule has 0 aromatic carbocycles. The van der Waals surface area contributed by atoms with Crippen LogP contribution in [0.2, 0.25) is 0 Å². The largest absolute Gasteiger partial charge is 0.0533 e. The minimum atomic E-state index is 1.09. The van der Waals surface area contributed by atoms with Crippen molar-refractivity contribution in [3.8, 4) is 0 Å². The Labute approximate surface area is 52.3 Å². The van der Waals surface area contributed by atoms with Crippen LogP contribution in [0.3, 0.4) is 0 Å². The Morgan fingerprint density at radius 1 is 1.38 bits per heavy atom. The van der Waals surface area contributed by atoms with Gasteiger partial charge in [0.15, 0.2) is 0 Å². The van der Waals surface area contributed by atoms with Crippen LogP contribution in [0.5, 0.6) is 0 Å². The summed E-state index contributed by atoms with van der Waals surface area (Å²) in [5.41, 5.74) is 0. The van der Waals surface area contributed by atoms with E-state index >= 15 is 0 Å². The van der Waals surface area contributed by atoms with Gasteiger partial charge in [0.1, 0.15) is 0 Å². The van der Waals surface area contributed by atoms with Gasteiger partial charge in [-0.25, -0.2) is 0 Å². The quantitative estimate of drug-likeness (QED) is 0.525. The highest BCUT2D eigenvalue weighted by molar-refractivity contribution is 4.68. The lowest BCUT2D eigenvalue weighted by molar-refractivity contribution is 0.290. The lowest BCUT2D eigenvalue weighted by Gasteiger charge is -2.24. The number of rotatable bonds is 3. The molecule has 0 unspecified atom stereocenters. The molecule has 1 fully saturated rings. The Kier molecular flexibility index (Phi) is 2.38. The van der Waals surface area contributed by atoms with Crippen LogP contribution in [0.15, 0.2) is 0 Å². The third-order valence-electron chi connectivity index (χ3n) is 2.09. The van der Waals surface area contributed by atoms with Gasteiger partial charge in [-0.15, -0.1) is 0 Å². The normalized spacial score (nSPS) is 20.6.